The molecule has 1 spiro atoms. The highest BCUT2D eigenvalue weighted by Gasteiger charge is 2.47. The molecular formula is C27H22Cl3F2N3O. The van der Waals surface area contributed by atoms with Gasteiger partial charge in [-0.2, -0.15) is 0 Å². The second-order valence-electron chi connectivity index (χ2n) is 9.19. The molecular weight excluding hydrogens is 527 g/mol. The summed E-state index contributed by atoms with van der Waals surface area (Å²) in [7, 11) is 0. The van der Waals surface area contributed by atoms with Crippen molar-refractivity contribution >= 4 is 52.5 Å². The van der Waals surface area contributed by atoms with Gasteiger partial charge >= 0.3 is 0 Å². The van der Waals surface area contributed by atoms with Crippen molar-refractivity contribution < 1.29 is 13.6 Å². The third kappa shape index (κ3) is 4.88. The molecule has 2 aromatic carbocycles. The molecule has 3 heterocycles. The second-order valence-corrected chi connectivity index (χ2v) is 10.4. The van der Waals surface area contributed by atoms with Crippen LogP contribution in [0.25, 0.3) is 6.08 Å². The number of hydrogen-bond donors (Lipinski definition) is 0. The normalized spacial score (nSPS) is 17.2. The highest BCUT2D eigenvalue weighted by Crippen LogP contribution is 2.51. The summed E-state index contributed by atoms with van der Waals surface area (Å²) in [6.07, 6.45) is 6.67. The van der Waals surface area contributed by atoms with Gasteiger partial charge in [0.15, 0.2) is 0 Å². The molecule has 2 aliphatic rings. The molecule has 9 heteroatoms. The van der Waals surface area contributed by atoms with Crippen LogP contribution in [0.2, 0.25) is 15.2 Å². The molecule has 1 aromatic heterocycles. The predicted octanol–water partition coefficient (Wildman–Crippen LogP) is 7.03. The molecule has 3 aromatic rings. The number of aromatic nitrogens is 1. The van der Waals surface area contributed by atoms with Crippen LogP contribution < -0.4 is 4.90 Å². The first-order valence-corrected chi connectivity index (χ1v) is 12.7. The summed E-state index contributed by atoms with van der Waals surface area (Å²) < 4.78 is 27.0. The average Bonchev–Trinajstić information content (AvgIpc) is 3.15. The summed E-state index contributed by atoms with van der Waals surface area (Å²) in [6, 6.07) is 10.3. The number of piperidine rings is 1. The minimum atomic E-state index is -0.595. The third-order valence-corrected chi connectivity index (χ3v) is 7.70. The maximum absolute atomic E-state index is 13.9. The van der Waals surface area contributed by atoms with Crippen molar-refractivity contribution in [1.82, 2.24) is 9.88 Å². The predicted molar refractivity (Wildman–Crippen MR) is 140 cm³/mol. The number of benzene rings is 2. The largest absolute Gasteiger partial charge is 0.306 e. The summed E-state index contributed by atoms with van der Waals surface area (Å²) in [5.74, 6) is -1.36. The van der Waals surface area contributed by atoms with Crippen molar-refractivity contribution in [3.05, 3.63) is 98.3 Å². The van der Waals surface area contributed by atoms with Gasteiger partial charge in [0.25, 0.3) is 5.91 Å². The number of hydrogen-bond acceptors (Lipinski definition) is 3. The number of rotatable bonds is 4. The Morgan fingerprint density at radius 2 is 1.83 bits per heavy atom. The van der Waals surface area contributed by atoms with E-state index in [-0.39, 0.29) is 16.5 Å². The van der Waals surface area contributed by atoms with Gasteiger partial charge in [-0.15, -0.1) is 0 Å². The summed E-state index contributed by atoms with van der Waals surface area (Å²) in [6.45, 7) is 2.69. The Labute approximate surface area is 223 Å². The van der Waals surface area contributed by atoms with Gasteiger partial charge < -0.3 is 4.90 Å². The van der Waals surface area contributed by atoms with Gasteiger partial charge in [0.1, 0.15) is 16.8 Å². The van der Waals surface area contributed by atoms with E-state index in [0.29, 0.717) is 39.9 Å². The first-order chi connectivity index (χ1) is 17.3. The molecule has 4 nitrogen and oxygen atoms in total. The van der Waals surface area contributed by atoms with Crippen LogP contribution in [0.4, 0.5) is 14.5 Å². The minimum absolute atomic E-state index is 0.187. The van der Waals surface area contributed by atoms with E-state index in [1.807, 2.05) is 12.1 Å². The molecule has 5 rings (SSSR count). The number of amides is 1. The second kappa shape index (κ2) is 10.1. The van der Waals surface area contributed by atoms with E-state index >= 15 is 0 Å². The average molecular weight is 549 g/mol. The molecule has 0 radical (unpaired) electrons. The highest BCUT2D eigenvalue weighted by molar-refractivity contribution is 6.37. The van der Waals surface area contributed by atoms with Gasteiger partial charge in [0, 0.05) is 46.9 Å². The zero-order valence-corrected chi connectivity index (χ0v) is 21.4. The topological polar surface area (TPSA) is 36.4 Å². The van der Waals surface area contributed by atoms with Crippen LogP contribution in [-0.2, 0) is 5.41 Å². The van der Waals surface area contributed by atoms with E-state index in [0.717, 1.165) is 37.6 Å². The van der Waals surface area contributed by atoms with Gasteiger partial charge in [-0.3, -0.25) is 9.69 Å². The van der Waals surface area contributed by atoms with Crippen molar-refractivity contribution in [3.63, 3.8) is 0 Å². The van der Waals surface area contributed by atoms with Gasteiger partial charge in [0.05, 0.1) is 10.7 Å². The van der Waals surface area contributed by atoms with E-state index in [4.69, 9.17) is 34.8 Å². The Morgan fingerprint density at radius 1 is 1.06 bits per heavy atom. The molecule has 1 fully saturated rings. The fourth-order valence-corrected chi connectivity index (χ4v) is 5.90. The highest BCUT2D eigenvalue weighted by atomic mass is 35.5. The summed E-state index contributed by atoms with van der Waals surface area (Å²) in [5.41, 5.74) is 2.19. The molecule has 1 saturated heterocycles. The standard InChI is InChI=1S/C27H22Cl3F2N3O/c28-19-13-21-25(22(29)14-19)35(26(36)18-5-8-33-24(30)12-18)16-27(21)6-10-34(11-7-27)9-1-2-17-3-4-20(31)15-23(17)32/h1-5,8,12-15H,6-7,9-11,16H2. The fourth-order valence-electron chi connectivity index (χ4n) is 5.13. The van der Waals surface area contributed by atoms with Crippen LogP contribution in [0.1, 0.15) is 34.3 Å². The van der Waals surface area contributed by atoms with Gasteiger partial charge in [-0.05, 0) is 67.9 Å². The van der Waals surface area contributed by atoms with Crippen LogP contribution in [0, 0.1) is 11.6 Å². The molecule has 0 unspecified atom stereocenters. The zero-order valence-electron chi connectivity index (χ0n) is 19.2. The monoisotopic (exact) mass is 547 g/mol. The molecule has 2 aliphatic heterocycles. The van der Waals surface area contributed by atoms with Crippen LogP contribution in [0.5, 0.6) is 0 Å². The number of pyridine rings is 1. The fraction of sp³-hybridized carbons (Fsp3) is 0.259. The van der Waals surface area contributed by atoms with E-state index in [9.17, 15) is 13.6 Å². The summed E-state index contributed by atoms with van der Waals surface area (Å²) in [5, 5.41) is 1.22. The number of fused-ring (bicyclic) bond motifs is 2. The zero-order chi connectivity index (χ0) is 25.4. The Bertz CT molecular complexity index is 1360. The van der Waals surface area contributed by atoms with E-state index in [1.54, 1.807) is 29.2 Å². The van der Waals surface area contributed by atoms with E-state index in [2.05, 4.69) is 9.88 Å². The SMILES string of the molecule is O=C(c1ccnc(Cl)c1)N1CC2(CCN(CC=Cc3ccc(F)cc3F)CC2)c2cc(Cl)cc(Cl)c21. The number of carbonyl (C=O) groups excluding carboxylic acids is 1. The molecule has 0 aliphatic carbocycles. The molecule has 36 heavy (non-hydrogen) atoms. The molecule has 0 saturated carbocycles. The lowest BCUT2D eigenvalue weighted by molar-refractivity contribution is 0.0977. The maximum Gasteiger partial charge on any atom is 0.258 e. The van der Waals surface area contributed by atoms with E-state index < -0.39 is 11.6 Å². The number of halogens is 5. The number of anilines is 1. The molecule has 0 atom stereocenters. The van der Waals surface area contributed by atoms with E-state index in [1.165, 1.54) is 18.3 Å². The van der Waals surface area contributed by atoms with Crippen molar-refractivity contribution in [1.29, 1.82) is 0 Å². The lowest BCUT2D eigenvalue weighted by Gasteiger charge is -2.39. The lowest BCUT2D eigenvalue weighted by atomic mass is 9.74. The van der Waals surface area contributed by atoms with Crippen LogP contribution in [-0.4, -0.2) is 42.0 Å². The minimum Gasteiger partial charge on any atom is -0.306 e. The number of nitrogens with zero attached hydrogens (tertiary/aromatic N) is 3. The first kappa shape index (κ1) is 25.2. The lowest BCUT2D eigenvalue weighted by Crippen LogP contribution is -2.46. The molecule has 186 valence electrons. The van der Waals surface area contributed by atoms with Crippen LogP contribution in [0.15, 0.2) is 54.7 Å². The molecule has 1 amide bonds. The van der Waals surface area contributed by atoms with Crippen LogP contribution >= 0.6 is 34.8 Å². The summed E-state index contributed by atoms with van der Waals surface area (Å²) >= 11 is 19.0. The van der Waals surface area contributed by atoms with Crippen LogP contribution in [0.3, 0.4) is 0 Å². The Balaban J connectivity index is 1.35. The van der Waals surface area contributed by atoms with Crippen molar-refractivity contribution in [2.75, 3.05) is 31.1 Å². The Hall–Kier alpha value is -2.51. The number of carbonyl (C=O) groups is 1. The van der Waals surface area contributed by atoms with Crippen molar-refractivity contribution in [3.8, 4) is 0 Å². The van der Waals surface area contributed by atoms with Crippen molar-refractivity contribution in [2.24, 2.45) is 0 Å². The first-order valence-electron chi connectivity index (χ1n) is 11.5. The van der Waals surface area contributed by atoms with Gasteiger partial charge in [-0.1, -0.05) is 47.0 Å². The van der Waals surface area contributed by atoms with Gasteiger partial charge in [0.2, 0.25) is 0 Å². The summed E-state index contributed by atoms with van der Waals surface area (Å²) in [4.78, 5) is 21.5. The smallest absolute Gasteiger partial charge is 0.258 e. The van der Waals surface area contributed by atoms with Crippen molar-refractivity contribution in [2.45, 2.75) is 18.3 Å². The number of likely N-dealkylation sites (tertiary alicyclic amines) is 1. The molecule has 0 N–H and O–H groups in total. The Kier molecular flexibility index (Phi) is 7.05. The quantitative estimate of drug-likeness (QED) is 0.329. The Morgan fingerprint density at radius 3 is 2.56 bits per heavy atom. The van der Waals surface area contributed by atoms with Gasteiger partial charge in [-0.25, -0.2) is 13.8 Å². The maximum atomic E-state index is 13.9. The third-order valence-electron chi connectivity index (χ3n) is 6.99. The molecule has 0 bridgehead atoms.